The minimum absolute atomic E-state index is 0.151. The number of aromatic nitrogens is 1. The SMILES string of the molecule is N#Cc1c(C(F)(F)F)cc(-c2ccc3c(c2)OCCO3)[nH]c1=S. The summed E-state index contributed by atoms with van der Waals surface area (Å²) in [6, 6.07) is 7.16. The van der Waals surface area contributed by atoms with Gasteiger partial charge < -0.3 is 14.5 Å². The number of nitrogens with one attached hydrogen (secondary N) is 1. The minimum Gasteiger partial charge on any atom is -0.486 e. The van der Waals surface area contributed by atoms with Gasteiger partial charge in [-0.3, -0.25) is 0 Å². The van der Waals surface area contributed by atoms with Gasteiger partial charge in [-0.15, -0.1) is 0 Å². The van der Waals surface area contributed by atoms with Crippen molar-refractivity contribution in [2.75, 3.05) is 13.2 Å². The molecule has 1 N–H and O–H groups in total. The second-order valence-corrected chi connectivity index (χ2v) is 5.18. The van der Waals surface area contributed by atoms with Gasteiger partial charge in [0.2, 0.25) is 0 Å². The Balaban J connectivity index is 2.16. The first-order valence-electron chi connectivity index (χ1n) is 6.55. The number of pyridine rings is 1. The lowest BCUT2D eigenvalue weighted by atomic mass is 10.0. The van der Waals surface area contributed by atoms with E-state index in [1.807, 2.05) is 0 Å². The second kappa shape index (κ2) is 5.59. The third-order valence-corrected chi connectivity index (χ3v) is 3.61. The number of hydrogen-bond acceptors (Lipinski definition) is 4. The van der Waals surface area contributed by atoms with Crippen molar-refractivity contribution in [1.82, 2.24) is 4.98 Å². The predicted molar refractivity (Wildman–Crippen MR) is 77.8 cm³/mol. The number of fused-ring (bicyclic) bond motifs is 1. The van der Waals surface area contributed by atoms with E-state index in [4.69, 9.17) is 27.0 Å². The van der Waals surface area contributed by atoms with Gasteiger partial charge in [0.25, 0.3) is 0 Å². The van der Waals surface area contributed by atoms with Crippen LogP contribution in [0.4, 0.5) is 13.2 Å². The first-order chi connectivity index (χ1) is 10.9. The van der Waals surface area contributed by atoms with Gasteiger partial charge in [0, 0.05) is 11.3 Å². The monoisotopic (exact) mass is 338 g/mol. The zero-order valence-corrected chi connectivity index (χ0v) is 12.3. The molecule has 3 rings (SSSR count). The Morgan fingerprint density at radius 1 is 1.13 bits per heavy atom. The Morgan fingerprint density at radius 2 is 1.83 bits per heavy atom. The average molecular weight is 338 g/mol. The maximum Gasteiger partial charge on any atom is 0.417 e. The normalized spacial score (nSPS) is 13.5. The van der Waals surface area contributed by atoms with Crippen LogP contribution in [0.2, 0.25) is 0 Å². The number of ether oxygens (including phenoxy) is 2. The largest absolute Gasteiger partial charge is 0.486 e. The fraction of sp³-hybridized carbons (Fsp3) is 0.200. The molecule has 0 atom stereocenters. The van der Waals surface area contributed by atoms with E-state index in [2.05, 4.69) is 4.98 Å². The molecule has 4 nitrogen and oxygen atoms in total. The van der Waals surface area contributed by atoms with E-state index >= 15 is 0 Å². The lowest BCUT2D eigenvalue weighted by molar-refractivity contribution is -0.137. The van der Waals surface area contributed by atoms with E-state index < -0.39 is 17.3 Å². The first kappa shape index (κ1) is 15.4. The average Bonchev–Trinajstić information content (AvgIpc) is 2.52. The number of benzene rings is 1. The Labute approximate surface area is 134 Å². The zero-order chi connectivity index (χ0) is 16.6. The van der Waals surface area contributed by atoms with E-state index in [1.54, 1.807) is 18.2 Å². The predicted octanol–water partition coefficient (Wildman–Crippen LogP) is 4.07. The zero-order valence-electron chi connectivity index (χ0n) is 11.5. The van der Waals surface area contributed by atoms with Crippen LogP contribution in [0, 0.1) is 16.0 Å². The van der Waals surface area contributed by atoms with Crippen molar-refractivity contribution in [3.8, 4) is 28.8 Å². The molecule has 2 heterocycles. The van der Waals surface area contributed by atoms with Crippen molar-refractivity contribution in [3.05, 3.63) is 40.0 Å². The Hall–Kier alpha value is -2.53. The third-order valence-electron chi connectivity index (χ3n) is 3.30. The molecule has 23 heavy (non-hydrogen) atoms. The maximum absolute atomic E-state index is 13.1. The Kier molecular flexibility index (Phi) is 3.74. The maximum atomic E-state index is 13.1. The number of alkyl halides is 3. The minimum atomic E-state index is -4.67. The molecule has 0 saturated carbocycles. The number of hydrogen-bond donors (Lipinski definition) is 1. The summed E-state index contributed by atoms with van der Waals surface area (Å²) in [6.07, 6.45) is -4.67. The van der Waals surface area contributed by atoms with Crippen LogP contribution in [0.5, 0.6) is 11.5 Å². The van der Waals surface area contributed by atoms with Gasteiger partial charge in [0.15, 0.2) is 11.5 Å². The molecule has 0 aliphatic carbocycles. The second-order valence-electron chi connectivity index (χ2n) is 4.77. The molecular formula is C15H9F3N2O2S. The van der Waals surface area contributed by atoms with Crippen molar-refractivity contribution in [3.63, 3.8) is 0 Å². The van der Waals surface area contributed by atoms with Crippen molar-refractivity contribution >= 4 is 12.2 Å². The number of halogens is 3. The van der Waals surface area contributed by atoms with Crippen LogP contribution in [0.3, 0.4) is 0 Å². The van der Waals surface area contributed by atoms with Gasteiger partial charge in [-0.05, 0) is 24.3 Å². The summed E-state index contributed by atoms with van der Waals surface area (Å²) in [5, 5.41) is 8.91. The lowest BCUT2D eigenvalue weighted by Gasteiger charge is -2.19. The summed E-state index contributed by atoms with van der Waals surface area (Å²) >= 11 is 4.88. The Bertz CT molecular complexity index is 868. The van der Waals surface area contributed by atoms with Crippen LogP contribution >= 0.6 is 12.2 Å². The molecule has 118 valence electrons. The topological polar surface area (TPSA) is 58.0 Å². The summed E-state index contributed by atoms with van der Waals surface area (Å²) in [4.78, 5) is 2.66. The molecular weight excluding hydrogens is 329 g/mol. The quantitative estimate of drug-likeness (QED) is 0.796. The number of rotatable bonds is 1. The molecule has 0 bridgehead atoms. The van der Waals surface area contributed by atoms with Gasteiger partial charge in [-0.1, -0.05) is 12.2 Å². The highest BCUT2D eigenvalue weighted by Gasteiger charge is 2.35. The molecule has 0 radical (unpaired) electrons. The van der Waals surface area contributed by atoms with Crippen molar-refractivity contribution in [2.24, 2.45) is 0 Å². The molecule has 0 fully saturated rings. The van der Waals surface area contributed by atoms with Gasteiger partial charge in [0.05, 0.1) is 11.1 Å². The molecule has 2 aromatic rings. The van der Waals surface area contributed by atoms with Crippen LogP contribution < -0.4 is 9.47 Å². The highest BCUT2D eigenvalue weighted by molar-refractivity contribution is 7.71. The Morgan fingerprint density at radius 3 is 2.48 bits per heavy atom. The number of nitriles is 1. The van der Waals surface area contributed by atoms with Crippen LogP contribution in [0.25, 0.3) is 11.3 Å². The summed E-state index contributed by atoms with van der Waals surface area (Å²) in [5.74, 6) is 0.981. The van der Waals surface area contributed by atoms with E-state index in [1.165, 1.54) is 6.07 Å². The van der Waals surface area contributed by atoms with Crippen LogP contribution in [0.1, 0.15) is 11.1 Å². The summed E-state index contributed by atoms with van der Waals surface area (Å²) < 4.78 is 49.9. The summed E-state index contributed by atoms with van der Waals surface area (Å²) in [6.45, 7) is 0.789. The lowest BCUT2D eigenvalue weighted by Crippen LogP contribution is -2.15. The van der Waals surface area contributed by atoms with E-state index in [-0.39, 0.29) is 10.3 Å². The van der Waals surface area contributed by atoms with Gasteiger partial charge in [-0.25, -0.2) is 0 Å². The van der Waals surface area contributed by atoms with Gasteiger partial charge >= 0.3 is 6.18 Å². The molecule has 8 heteroatoms. The van der Waals surface area contributed by atoms with Crippen molar-refractivity contribution in [2.45, 2.75) is 6.18 Å². The molecule has 0 amide bonds. The molecule has 1 aliphatic heterocycles. The van der Waals surface area contributed by atoms with E-state index in [0.29, 0.717) is 30.3 Å². The fourth-order valence-electron chi connectivity index (χ4n) is 2.26. The van der Waals surface area contributed by atoms with Crippen molar-refractivity contribution in [1.29, 1.82) is 5.26 Å². The molecule has 0 unspecified atom stereocenters. The van der Waals surface area contributed by atoms with Crippen molar-refractivity contribution < 1.29 is 22.6 Å². The van der Waals surface area contributed by atoms with Gasteiger partial charge in [-0.2, -0.15) is 18.4 Å². The van der Waals surface area contributed by atoms with Gasteiger partial charge in [0.1, 0.15) is 23.9 Å². The summed E-state index contributed by atoms with van der Waals surface area (Å²) in [7, 11) is 0. The third kappa shape index (κ3) is 2.87. The van der Waals surface area contributed by atoms with Crippen LogP contribution in [-0.4, -0.2) is 18.2 Å². The first-order valence-corrected chi connectivity index (χ1v) is 6.95. The highest BCUT2D eigenvalue weighted by Crippen LogP contribution is 2.37. The van der Waals surface area contributed by atoms with E-state index in [9.17, 15) is 13.2 Å². The number of aromatic amines is 1. The highest BCUT2D eigenvalue weighted by atomic mass is 32.1. The molecule has 1 aromatic carbocycles. The number of H-pyrrole nitrogens is 1. The molecule has 1 aromatic heterocycles. The standard InChI is InChI=1S/C15H9F3N2O2S/c16-15(17,18)10-6-11(20-14(23)9(10)7-19)8-1-2-12-13(5-8)22-4-3-21-12/h1-2,5-6H,3-4H2,(H,20,23). The van der Waals surface area contributed by atoms with Crippen LogP contribution in [0.15, 0.2) is 24.3 Å². The fourth-order valence-corrected chi connectivity index (χ4v) is 2.53. The van der Waals surface area contributed by atoms with Crippen LogP contribution in [-0.2, 0) is 6.18 Å². The number of nitrogens with zero attached hydrogens (tertiary/aromatic N) is 1. The smallest absolute Gasteiger partial charge is 0.417 e. The molecule has 0 saturated heterocycles. The molecule has 0 spiro atoms. The van der Waals surface area contributed by atoms with E-state index in [0.717, 1.165) is 6.07 Å². The summed E-state index contributed by atoms with van der Waals surface area (Å²) in [5.41, 5.74) is -1.05. The molecule has 1 aliphatic rings.